The topological polar surface area (TPSA) is 76.5 Å². The Morgan fingerprint density at radius 1 is 1.28 bits per heavy atom. The number of aryl methyl sites for hydroxylation is 1. The largest absolute Gasteiger partial charge is 0.379 e. The van der Waals surface area contributed by atoms with Gasteiger partial charge in [-0.25, -0.2) is 4.68 Å². The first-order chi connectivity index (χ1) is 12.1. The third kappa shape index (κ3) is 4.05. The van der Waals surface area contributed by atoms with Crippen LogP contribution in [0.25, 0.3) is 10.8 Å². The molecular weight excluding hydrogens is 320 g/mol. The molecule has 2 heterocycles. The lowest BCUT2D eigenvalue weighted by Gasteiger charge is -2.32. The zero-order chi connectivity index (χ0) is 17.8. The quantitative estimate of drug-likeness (QED) is 0.857. The highest BCUT2D eigenvalue weighted by molar-refractivity contribution is 5.83. The minimum atomic E-state index is -0.238. The molecule has 7 nitrogen and oxygen atoms in total. The summed E-state index contributed by atoms with van der Waals surface area (Å²) in [5, 5.41) is 8.59. The summed E-state index contributed by atoms with van der Waals surface area (Å²) in [7, 11) is 0. The molecule has 0 radical (unpaired) electrons. The number of nitrogens with zero attached hydrogens (tertiary/aromatic N) is 3. The van der Waals surface area contributed by atoms with E-state index in [1.165, 1.54) is 4.68 Å². The van der Waals surface area contributed by atoms with E-state index in [0.29, 0.717) is 11.9 Å². The number of hydrogen-bond acceptors (Lipinski definition) is 5. The molecule has 25 heavy (non-hydrogen) atoms. The van der Waals surface area contributed by atoms with Crippen molar-refractivity contribution in [3.8, 4) is 0 Å². The molecule has 2 aromatic rings. The van der Waals surface area contributed by atoms with Gasteiger partial charge < -0.3 is 10.1 Å². The van der Waals surface area contributed by atoms with Crippen LogP contribution in [-0.4, -0.2) is 59.5 Å². The first kappa shape index (κ1) is 17.6. The molecule has 3 rings (SSSR count). The van der Waals surface area contributed by atoms with Gasteiger partial charge in [-0.15, -0.1) is 0 Å². The molecule has 0 unspecified atom stereocenters. The number of amides is 1. The SMILES string of the molecule is Cc1nn(CC(=O)NC[C@H](C)N2CCOCC2)c(=O)c2ccccc12. The van der Waals surface area contributed by atoms with Crippen molar-refractivity contribution in [1.29, 1.82) is 0 Å². The second-order valence-corrected chi connectivity index (χ2v) is 6.40. The summed E-state index contributed by atoms with van der Waals surface area (Å²) in [5.41, 5.74) is 0.502. The molecule has 1 fully saturated rings. The van der Waals surface area contributed by atoms with Gasteiger partial charge in [0, 0.05) is 31.1 Å². The van der Waals surface area contributed by atoms with Crippen molar-refractivity contribution < 1.29 is 9.53 Å². The van der Waals surface area contributed by atoms with Crippen LogP contribution in [0.1, 0.15) is 12.6 Å². The number of carbonyl (C=O) groups excluding carboxylic acids is 1. The van der Waals surface area contributed by atoms with Gasteiger partial charge in [-0.05, 0) is 19.9 Å². The van der Waals surface area contributed by atoms with Crippen LogP contribution in [0.3, 0.4) is 0 Å². The van der Waals surface area contributed by atoms with Gasteiger partial charge in [-0.3, -0.25) is 14.5 Å². The number of rotatable bonds is 5. The number of fused-ring (bicyclic) bond motifs is 1. The van der Waals surface area contributed by atoms with Crippen molar-refractivity contribution in [1.82, 2.24) is 20.0 Å². The highest BCUT2D eigenvalue weighted by Gasteiger charge is 2.18. The number of nitrogens with one attached hydrogen (secondary N) is 1. The molecule has 1 aliphatic heterocycles. The monoisotopic (exact) mass is 344 g/mol. The van der Waals surface area contributed by atoms with Crippen molar-refractivity contribution in [2.75, 3.05) is 32.8 Å². The van der Waals surface area contributed by atoms with Crippen LogP contribution in [-0.2, 0) is 16.1 Å². The highest BCUT2D eigenvalue weighted by Crippen LogP contribution is 2.11. The Morgan fingerprint density at radius 3 is 2.68 bits per heavy atom. The lowest BCUT2D eigenvalue weighted by Crippen LogP contribution is -2.48. The normalized spacial score (nSPS) is 16.7. The van der Waals surface area contributed by atoms with Gasteiger partial charge in [0.15, 0.2) is 0 Å². The highest BCUT2D eigenvalue weighted by atomic mass is 16.5. The summed E-state index contributed by atoms with van der Waals surface area (Å²) in [6.07, 6.45) is 0. The molecule has 1 aromatic carbocycles. The first-order valence-corrected chi connectivity index (χ1v) is 8.61. The van der Waals surface area contributed by atoms with E-state index in [4.69, 9.17) is 4.74 Å². The van der Waals surface area contributed by atoms with Crippen LogP contribution < -0.4 is 10.9 Å². The summed E-state index contributed by atoms with van der Waals surface area (Å²) in [6, 6.07) is 7.56. The van der Waals surface area contributed by atoms with Crippen LogP contribution >= 0.6 is 0 Å². The summed E-state index contributed by atoms with van der Waals surface area (Å²) in [6.45, 7) is 7.61. The molecule has 1 amide bonds. The van der Waals surface area contributed by atoms with E-state index < -0.39 is 0 Å². The lowest BCUT2D eigenvalue weighted by molar-refractivity contribution is -0.122. The van der Waals surface area contributed by atoms with Gasteiger partial charge in [0.2, 0.25) is 5.91 Å². The Kier molecular flexibility index (Phi) is 5.45. The second kappa shape index (κ2) is 7.76. The molecular formula is C18H24N4O3. The zero-order valence-electron chi connectivity index (χ0n) is 14.7. The number of benzene rings is 1. The maximum Gasteiger partial charge on any atom is 0.275 e. The van der Waals surface area contributed by atoms with Crippen molar-refractivity contribution in [2.24, 2.45) is 0 Å². The second-order valence-electron chi connectivity index (χ2n) is 6.40. The van der Waals surface area contributed by atoms with E-state index >= 15 is 0 Å². The van der Waals surface area contributed by atoms with E-state index in [1.54, 1.807) is 6.07 Å². The number of morpholine rings is 1. The van der Waals surface area contributed by atoms with Crippen LogP contribution in [0.5, 0.6) is 0 Å². The van der Waals surface area contributed by atoms with Gasteiger partial charge in [-0.1, -0.05) is 18.2 Å². The van der Waals surface area contributed by atoms with Gasteiger partial charge in [0.25, 0.3) is 5.56 Å². The molecule has 0 bridgehead atoms. The predicted octanol–water partition coefficient (Wildman–Crippen LogP) is 0.542. The number of carbonyl (C=O) groups is 1. The number of aromatic nitrogens is 2. The van der Waals surface area contributed by atoms with Crippen molar-refractivity contribution in [2.45, 2.75) is 26.4 Å². The molecule has 0 spiro atoms. The van der Waals surface area contributed by atoms with Gasteiger partial charge in [0.05, 0.1) is 24.3 Å². The van der Waals surface area contributed by atoms with Crippen LogP contribution in [0.15, 0.2) is 29.1 Å². The Hall–Kier alpha value is -2.25. The molecule has 0 saturated carbocycles. The summed E-state index contributed by atoms with van der Waals surface area (Å²) < 4.78 is 6.58. The average molecular weight is 344 g/mol. The maximum absolute atomic E-state index is 12.5. The number of hydrogen-bond donors (Lipinski definition) is 1. The van der Waals surface area contributed by atoms with E-state index in [9.17, 15) is 9.59 Å². The Balaban J connectivity index is 1.64. The fourth-order valence-electron chi connectivity index (χ4n) is 3.11. The molecule has 134 valence electrons. The van der Waals surface area contributed by atoms with Crippen molar-refractivity contribution in [3.63, 3.8) is 0 Å². The minimum absolute atomic E-state index is 0.0691. The molecule has 1 aliphatic rings. The lowest BCUT2D eigenvalue weighted by atomic mass is 10.1. The third-order valence-corrected chi connectivity index (χ3v) is 4.61. The standard InChI is InChI=1S/C18H24N4O3/c1-13(21-7-9-25-10-8-21)11-19-17(23)12-22-18(24)16-6-4-3-5-15(16)14(2)20-22/h3-6,13H,7-12H2,1-2H3,(H,19,23)/t13-/m0/s1. The fourth-order valence-corrected chi connectivity index (χ4v) is 3.11. The van der Waals surface area contributed by atoms with Gasteiger partial charge in [-0.2, -0.15) is 5.10 Å². The molecule has 0 aliphatic carbocycles. The Labute approximate surface area is 146 Å². The predicted molar refractivity (Wildman–Crippen MR) is 95.6 cm³/mol. The Bertz CT molecular complexity index is 812. The van der Waals surface area contributed by atoms with E-state index in [1.807, 2.05) is 25.1 Å². The fraction of sp³-hybridized carbons (Fsp3) is 0.500. The Morgan fingerprint density at radius 2 is 1.96 bits per heavy atom. The van der Waals surface area contributed by atoms with Crippen LogP contribution in [0.4, 0.5) is 0 Å². The molecule has 7 heteroatoms. The minimum Gasteiger partial charge on any atom is -0.379 e. The summed E-state index contributed by atoms with van der Waals surface area (Å²) in [4.78, 5) is 27.0. The van der Waals surface area contributed by atoms with E-state index in [0.717, 1.165) is 37.4 Å². The average Bonchev–Trinajstić information content (AvgIpc) is 2.64. The molecule has 1 aromatic heterocycles. The number of ether oxygens (including phenoxy) is 1. The summed E-state index contributed by atoms with van der Waals surface area (Å²) >= 11 is 0. The van der Waals surface area contributed by atoms with Gasteiger partial charge in [0.1, 0.15) is 6.54 Å². The van der Waals surface area contributed by atoms with Crippen molar-refractivity contribution in [3.05, 3.63) is 40.3 Å². The smallest absolute Gasteiger partial charge is 0.275 e. The van der Waals surface area contributed by atoms with Crippen molar-refractivity contribution >= 4 is 16.7 Å². The molecule has 1 N–H and O–H groups in total. The van der Waals surface area contributed by atoms with Gasteiger partial charge >= 0.3 is 0 Å². The third-order valence-electron chi connectivity index (χ3n) is 4.61. The maximum atomic E-state index is 12.5. The molecule has 1 atom stereocenters. The summed E-state index contributed by atoms with van der Waals surface area (Å²) in [5.74, 6) is -0.204. The molecule has 1 saturated heterocycles. The zero-order valence-corrected chi connectivity index (χ0v) is 14.7. The van der Waals surface area contributed by atoms with E-state index in [-0.39, 0.29) is 24.1 Å². The van der Waals surface area contributed by atoms with E-state index in [2.05, 4.69) is 22.2 Å². The van der Waals surface area contributed by atoms with Crippen LogP contribution in [0, 0.1) is 6.92 Å². The van der Waals surface area contributed by atoms with Crippen LogP contribution in [0.2, 0.25) is 0 Å². The first-order valence-electron chi connectivity index (χ1n) is 8.61.